The Bertz CT molecular complexity index is 1850. The van der Waals surface area contributed by atoms with E-state index in [1.54, 1.807) is 6.08 Å². The molecule has 0 bridgehead atoms. The summed E-state index contributed by atoms with van der Waals surface area (Å²) < 4.78 is 0. The smallest absolute Gasteiger partial charge is 0.164 e. The maximum absolute atomic E-state index is 4.92. The van der Waals surface area contributed by atoms with E-state index in [4.69, 9.17) is 15.0 Å². The molecule has 224 valence electrons. The Morgan fingerprint density at radius 2 is 1.24 bits per heavy atom. The fourth-order valence-corrected chi connectivity index (χ4v) is 6.50. The molecular formula is C40H38N4S. The lowest BCUT2D eigenvalue weighted by Gasteiger charge is -2.34. The van der Waals surface area contributed by atoms with Gasteiger partial charge in [-0.05, 0) is 84.0 Å². The SMILES string of the molecule is C=C/C=C\C=C(/C)c1nc(-c2ccccc2)nc(-c2ccc(N3c4ccc(C(C)C)cc4Sc4cc(C(C)C)ccc43)cc2)n1. The van der Waals surface area contributed by atoms with Gasteiger partial charge in [0.2, 0.25) is 0 Å². The first-order valence-corrected chi connectivity index (χ1v) is 16.3. The minimum Gasteiger partial charge on any atom is -0.308 e. The van der Waals surface area contributed by atoms with Crippen LogP contribution in [0.5, 0.6) is 0 Å². The van der Waals surface area contributed by atoms with Crippen molar-refractivity contribution in [1.29, 1.82) is 0 Å². The maximum Gasteiger partial charge on any atom is 0.164 e. The Kier molecular flexibility index (Phi) is 8.81. The van der Waals surface area contributed by atoms with Crippen LogP contribution in [0, 0.1) is 0 Å². The summed E-state index contributed by atoms with van der Waals surface area (Å²) >= 11 is 1.87. The highest BCUT2D eigenvalue weighted by molar-refractivity contribution is 7.99. The van der Waals surface area contributed by atoms with E-state index in [1.807, 2.05) is 67.2 Å². The molecule has 0 amide bonds. The summed E-state index contributed by atoms with van der Waals surface area (Å²) in [6.07, 6.45) is 7.59. The molecule has 0 saturated heterocycles. The van der Waals surface area contributed by atoms with Crippen molar-refractivity contribution in [1.82, 2.24) is 15.0 Å². The molecule has 0 fully saturated rings. The van der Waals surface area contributed by atoms with Crippen molar-refractivity contribution in [3.05, 3.63) is 139 Å². The molecule has 6 rings (SSSR count). The van der Waals surface area contributed by atoms with Crippen LogP contribution in [0.1, 0.15) is 63.4 Å². The van der Waals surface area contributed by atoms with Gasteiger partial charge in [0, 0.05) is 26.6 Å². The fraction of sp³-hybridized carbons (Fsp3) is 0.175. The summed E-state index contributed by atoms with van der Waals surface area (Å²) in [5.74, 6) is 2.88. The molecule has 0 saturated carbocycles. The summed E-state index contributed by atoms with van der Waals surface area (Å²) in [7, 11) is 0. The molecule has 1 aromatic heterocycles. The summed E-state index contributed by atoms with van der Waals surface area (Å²) in [5.41, 5.74) is 9.03. The molecule has 0 N–H and O–H groups in total. The standard InChI is InChI=1S/C40H38N4S/c1-7-8-10-13-28(6)38-41-39(29-14-11-9-12-15-29)43-40(42-38)30-16-20-33(21-17-30)44-34-22-18-31(26(2)3)24-36(34)45-37-25-32(27(4)5)19-23-35(37)44/h7-27H,1H2,2-6H3/b10-8-,28-13+. The van der Waals surface area contributed by atoms with Crippen LogP contribution in [-0.2, 0) is 0 Å². The molecule has 4 nitrogen and oxygen atoms in total. The van der Waals surface area contributed by atoms with Crippen LogP contribution in [-0.4, -0.2) is 15.0 Å². The van der Waals surface area contributed by atoms with E-state index in [-0.39, 0.29) is 0 Å². The van der Waals surface area contributed by atoms with E-state index in [9.17, 15) is 0 Å². The van der Waals surface area contributed by atoms with Gasteiger partial charge in [0.25, 0.3) is 0 Å². The Labute approximate surface area is 271 Å². The predicted molar refractivity (Wildman–Crippen MR) is 191 cm³/mol. The Balaban J connectivity index is 1.43. The third-order valence-electron chi connectivity index (χ3n) is 8.00. The Morgan fingerprint density at radius 3 is 1.78 bits per heavy atom. The summed E-state index contributed by atoms with van der Waals surface area (Å²) in [6, 6.07) is 32.4. The van der Waals surface area contributed by atoms with E-state index < -0.39 is 0 Å². The average Bonchev–Trinajstić information content (AvgIpc) is 3.07. The topological polar surface area (TPSA) is 41.9 Å². The average molecular weight is 607 g/mol. The minimum absolute atomic E-state index is 0.467. The molecule has 2 heterocycles. The number of fused-ring (bicyclic) bond motifs is 2. The van der Waals surface area contributed by atoms with Gasteiger partial charge >= 0.3 is 0 Å². The van der Waals surface area contributed by atoms with Gasteiger partial charge in [-0.3, -0.25) is 0 Å². The minimum atomic E-state index is 0.467. The number of allylic oxidation sites excluding steroid dienone is 5. The molecule has 0 radical (unpaired) electrons. The van der Waals surface area contributed by atoms with Gasteiger partial charge in [0.05, 0.1) is 11.4 Å². The third-order valence-corrected chi connectivity index (χ3v) is 9.09. The van der Waals surface area contributed by atoms with E-state index in [1.165, 1.54) is 32.3 Å². The lowest BCUT2D eigenvalue weighted by molar-refractivity contribution is 0.858. The molecule has 0 unspecified atom stereocenters. The van der Waals surface area contributed by atoms with Gasteiger partial charge in [-0.2, -0.15) is 0 Å². The van der Waals surface area contributed by atoms with Gasteiger partial charge in [0.1, 0.15) is 0 Å². The largest absolute Gasteiger partial charge is 0.308 e. The normalized spacial score (nSPS) is 13.0. The molecule has 4 aromatic carbocycles. The van der Waals surface area contributed by atoms with Gasteiger partial charge in [-0.15, -0.1) is 0 Å². The van der Waals surface area contributed by atoms with Crippen LogP contribution in [0.15, 0.2) is 132 Å². The zero-order valence-corrected chi connectivity index (χ0v) is 27.3. The van der Waals surface area contributed by atoms with Gasteiger partial charge in [0.15, 0.2) is 17.5 Å². The lowest BCUT2D eigenvalue weighted by Crippen LogP contribution is -2.15. The molecule has 0 atom stereocenters. The summed E-state index contributed by atoms with van der Waals surface area (Å²) in [4.78, 5) is 19.6. The molecule has 5 heteroatoms. The van der Waals surface area contributed by atoms with E-state index >= 15 is 0 Å². The van der Waals surface area contributed by atoms with Crippen LogP contribution in [0.2, 0.25) is 0 Å². The van der Waals surface area contributed by atoms with Gasteiger partial charge in [-0.25, -0.2) is 15.0 Å². The van der Waals surface area contributed by atoms with Gasteiger partial charge in [-0.1, -0.05) is 113 Å². The number of benzene rings is 4. The first-order valence-electron chi connectivity index (χ1n) is 15.5. The fourth-order valence-electron chi connectivity index (χ4n) is 5.35. The van der Waals surface area contributed by atoms with Crippen LogP contribution in [0.4, 0.5) is 17.1 Å². The monoisotopic (exact) mass is 606 g/mol. The zero-order chi connectivity index (χ0) is 31.5. The Hall–Kier alpha value is -4.74. The third kappa shape index (κ3) is 6.40. The van der Waals surface area contributed by atoms with Crippen LogP contribution in [0.25, 0.3) is 28.3 Å². The number of nitrogens with zero attached hydrogens (tertiary/aromatic N) is 4. The molecular weight excluding hydrogens is 569 g/mol. The van der Waals surface area contributed by atoms with Crippen molar-refractivity contribution >= 4 is 34.4 Å². The molecule has 1 aliphatic rings. The quantitative estimate of drug-likeness (QED) is 0.161. The molecule has 0 aliphatic carbocycles. The van der Waals surface area contributed by atoms with Crippen LogP contribution >= 0.6 is 11.8 Å². The highest BCUT2D eigenvalue weighted by Gasteiger charge is 2.26. The van der Waals surface area contributed by atoms with Crippen molar-refractivity contribution in [2.75, 3.05) is 4.90 Å². The van der Waals surface area contributed by atoms with Crippen molar-refractivity contribution in [2.24, 2.45) is 0 Å². The number of hydrogen-bond donors (Lipinski definition) is 0. The summed E-state index contributed by atoms with van der Waals surface area (Å²) in [6.45, 7) is 14.8. The molecule has 0 spiro atoms. The van der Waals surface area contributed by atoms with Crippen molar-refractivity contribution in [3.63, 3.8) is 0 Å². The number of hydrogen-bond acceptors (Lipinski definition) is 5. The lowest BCUT2D eigenvalue weighted by atomic mass is 10.0. The van der Waals surface area contributed by atoms with Crippen LogP contribution in [0.3, 0.4) is 0 Å². The molecule has 5 aromatic rings. The second-order valence-corrected chi connectivity index (χ2v) is 13.0. The van der Waals surface area contributed by atoms with E-state index in [2.05, 4.69) is 99.8 Å². The first kappa shape index (κ1) is 30.3. The molecule has 45 heavy (non-hydrogen) atoms. The highest BCUT2D eigenvalue weighted by Crippen LogP contribution is 2.52. The summed E-state index contributed by atoms with van der Waals surface area (Å²) in [5, 5.41) is 0. The number of anilines is 3. The number of rotatable bonds is 8. The Morgan fingerprint density at radius 1 is 0.689 bits per heavy atom. The maximum atomic E-state index is 4.92. The highest BCUT2D eigenvalue weighted by atomic mass is 32.2. The van der Waals surface area contributed by atoms with Gasteiger partial charge < -0.3 is 4.90 Å². The van der Waals surface area contributed by atoms with E-state index in [0.29, 0.717) is 29.3 Å². The predicted octanol–water partition coefficient (Wildman–Crippen LogP) is 11.5. The zero-order valence-electron chi connectivity index (χ0n) is 26.5. The first-order chi connectivity index (χ1) is 21.8. The number of aromatic nitrogens is 3. The molecule has 1 aliphatic heterocycles. The van der Waals surface area contributed by atoms with Crippen molar-refractivity contribution in [3.8, 4) is 22.8 Å². The van der Waals surface area contributed by atoms with Crippen molar-refractivity contribution in [2.45, 2.75) is 56.2 Å². The second kappa shape index (κ2) is 13.1. The van der Waals surface area contributed by atoms with Crippen LogP contribution < -0.4 is 4.90 Å². The second-order valence-electron chi connectivity index (χ2n) is 11.9. The van der Waals surface area contributed by atoms with E-state index in [0.717, 1.165) is 22.4 Å². The van der Waals surface area contributed by atoms with Crippen molar-refractivity contribution < 1.29 is 0 Å².